The molecular weight excluding hydrogens is 454 g/mol. The molecule has 1 aliphatic rings. The van der Waals surface area contributed by atoms with Gasteiger partial charge in [-0.25, -0.2) is 25.3 Å². The Kier molecular flexibility index (Phi) is 6.03. The van der Waals surface area contributed by atoms with E-state index in [1.807, 2.05) is 0 Å². The second-order valence-corrected chi connectivity index (χ2v) is 12.9. The van der Waals surface area contributed by atoms with Crippen molar-refractivity contribution < 1.29 is 34.7 Å². The van der Waals surface area contributed by atoms with Crippen LogP contribution < -0.4 is 14.2 Å². The van der Waals surface area contributed by atoms with Gasteiger partial charge in [-0.15, -0.1) is 0 Å². The van der Waals surface area contributed by atoms with Crippen LogP contribution in [0.5, 0.6) is 11.5 Å². The number of nitrogens with one attached hydrogen (secondary N) is 1. The van der Waals surface area contributed by atoms with Crippen molar-refractivity contribution >= 4 is 35.4 Å². The molecule has 0 unspecified atom stereocenters. The number of hydrogen-bond acceptors (Lipinski definition) is 8. The van der Waals surface area contributed by atoms with Crippen molar-refractivity contribution in [2.24, 2.45) is 0 Å². The Bertz CT molecular complexity index is 1270. The van der Waals surface area contributed by atoms with Gasteiger partial charge in [0.15, 0.2) is 31.2 Å². The fourth-order valence-corrected chi connectivity index (χ4v) is 8.70. The van der Waals surface area contributed by atoms with E-state index in [-0.39, 0.29) is 27.7 Å². The third-order valence-corrected chi connectivity index (χ3v) is 10.3. The second kappa shape index (κ2) is 8.08. The molecule has 0 bridgehead atoms. The third-order valence-electron chi connectivity index (χ3n) is 4.71. The molecule has 3 rings (SSSR count). The summed E-state index contributed by atoms with van der Waals surface area (Å²) in [4.78, 5) is -0.501. The molecule has 0 spiro atoms. The fourth-order valence-electron chi connectivity index (χ4n) is 3.13. The first kappa shape index (κ1) is 22.4. The van der Waals surface area contributed by atoms with Crippen LogP contribution >= 0.6 is 0 Å². The Morgan fingerprint density at radius 2 is 1.60 bits per heavy atom. The summed E-state index contributed by atoms with van der Waals surface area (Å²) in [5.41, 5.74) is 0.197. The van der Waals surface area contributed by atoms with Crippen molar-refractivity contribution in [3.63, 3.8) is 0 Å². The van der Waals surface area contributed by atoms with Gasteiger partial charge < -0.3 is 9.47 Å². The topological polar surface area (TPSA) is 133 Å². The van der Waals surface area contributed by atoms with Crippen LogP contribution in [0.15, 0.2) is 52.3 Å². The summed E-state index contributed by atoms with van der Waals surface area (Å²) in [7, 11) is -8.66. The summed E-state index contributed by atoms with van der Waals surface area (Å²) in [6.45, 7) is 0. The molecular formula is C18H21NO8S3. The van der Waals surface area contributed by atoms with Gasteiger partial charge in [-0.3, -0.25) is 4.72 Å². The number of benzene rings is 2. The van der Waals surface area contributed by atoms with Gasteiger partial charge in [0.1, 0.15) is 0 Å². The highest BCUT2D eigenvalue weighted by molar-refractivity contribution is 7.96. The zero-order valence-electron chi connectivity index (χ0n) is 16.2. The van der Waals surface area contributed by atoms with E-state index in [0.717, 1.165) is 6.07 Å². The van der Waals surface area contributed by atoms with Crippen LogP contribution in [0.1, 0.15) is 6.42 Å². The maximum Gasteiger partial charge on any atom is 0.261 e. The summed E-state index contributed by atoms with van der Waals surface area (Å²) in [5, 5.41) is -1.08. The van der Waals surface area contributed by atoms with Gasteiger partial charge in [0.2, 0.25) is 0 Å². The zero-order valence-corrected chi connectivity index (χ0v) is 18.7. The van der Waals surface area contributed by atoms with Crippen LogP contribution in [0.25, 0.3) is 0 Å². The molecule has 1 heterocycles. The first-order valence-corrected chi connectivity index (χ1v) is 13.6. The fraction of sp³-hybridized carbons (Fsp3) is 0.333. The minimum Gasteiger partial charge on any atom is -0.493 e. The van der Waals surface area contributed by atoms with E-state index < -0.39 is 40.7 Å². The van der Waals surface area contributed by atoms with Crippen LogP contribution in [-0.4, -0.2) is 56.2 Å². The molecule has 30 heavy (non-hydrogen) atoms. The quantitative estimate of drug-likeness (QED) is 0.636. The van der Waals surface area contributed by atoms with E-state index in [4.69, 9.17) is 9.47 Å². The molecule has 1 atom stereocenters. The van der Waals surface area contributed by atoms with E-state index in [1.165, 1.54) is 50.6 Å². The molecule has 0 saturated carbocycles. The van der Waals surface area contributed by atoms with Gasteiger partial charge in [-0.1, -0.05) is 6.07 Å². The van der Waals surface area contributed by atoms with Crippen molar-refractivity contribution in [1.29, 1.82) is 0 Å². The summed E-state index contributed by atoms with van der Waals surface area (Å²) in [5.74, 6) is 0.0721. The highest BCUT2D eigenvalue weighted by atomic mass is 32.2. The van der Waals surface area contributed by atoms with Gasteiger partial charge in [0, 0.05) is 6.07 Å². The summed E-state index contributed by atoms with van der Waals surface area (Å²) < 4.78 is 87.1. The molecule has 164 valence electrons. The van der Waals surface area contributed by atoms with E-state index in [1.54, 1.807) is 0 Å². The van der Waals surface area contributed by atoms with Gasteiger partial charge in [-0.05, 0) is 36.8 Å². The molecule has 1 saturated heterocycles. The van der Waals surface area contributed by atoms with E-state index in [9.17, 15) is 25.3 Å². The van der Waals surface area contributed by atoms with Crippen LogP contribution in [0, 0.1) is 0 Å². The molecule has 2 aromatic carbocycles. The number of ether oxygens (including phenoxy) is 2. The minimum absolute atomic E-state index is 0.00840. The molecule has 12 heteroatoms. The smallest absolute Gasteiger partial charge is 0.261 e. The van der Waals surface area contributed by atoms with Crippen molar-refractivity contribution in [1.82, 2.24) is 0 Å². The number of hydrogen-bond donors (Lipinski definition) is 1. The molecule has 9 nitrogen and oxygen atoms in total. The Hall–Kier alpha value is -2.31. The predicted molar refractivity (Wildman–Crippen MR) is 111 cm³/mol. The molecule has 1 N–H and O–H groups in total. The Morgan fingerprint density at radius 3 is 2.20 bits per heavy atom. The molecule has 0 radical (unpaired) electrons. The summed E-state index contributed by atoms with van der Waals surface area (Å²) in [6, 6.07) is 9.29. The third kappa shape index (κ3) is 4.55. The lowest BCUT2D eigenvalue weighted by Gasteiger charge is -2.14. The number of anilines is 1. The number of sulfone groups is 2. The molecule has 0 amide bonds. The van der Waals surface area contributed by atoms with Crippen LogP contribution in [0.2, 0.25) is 0 Å². The first-order valence-electron chi connectivity index (χ1n) is 8.78. The first-order chi connectivity index (χ1) is 14.0. The lowest BCUT2D eigenvalue weighted by Crippen LogP contribution is -2.23. The molecule has 1 fully saturated rings. The van der Waals surface area contributed by atoms with Gasteiger partial charge in [0.25, 0.3) is 10.0 Å². The van der Waals surface area contributed by atoms with Crippen molar-refractivity contribution in [2.45, 2.75) is 21.5 Å². The largest absolute Gasteiger partial charge is 0.493 e. The Labute approximate surface area is 175 Å². The second-order valence-electron chi connectivity index (χ2n) is 6.72. The predicted octanol–water partition coefficient (Wildman–Crippen LogP) is 1.47. The molecule has 2 aromatic rings. The van der Waals surface area contributed by atoms with Gasteiger partial charge in [0.05, 0.1) is 46.5 Å². The lowest BCUT2D eigenvalue weighted by molar-refractivity contribution is 0.355. The standard InChI is InChI=1S/C18H21NO8S3/c1-26-17-7-6-13(10-18(17)27-2)19-30(24,25)15-5-3-4-14(11-15)29(22,23)16-8-9-28(20,21)12-16/h3-7,10-11,16,19H,8-9,12H2,1-2H3/t16-/m1/s1. The van der Waals surface area contributed by atoms with Crippen LogP contribution in [0.3, 0.4) is 0 Å². The highest BCUT2D eigenvalue weighted by Crippen LogP contribution is 2.31. The lowest BCUT2D eigenvalue weighted by atomic mass is 10.3. The maximum atomic E-state index is 12.8. The molecule has 1 aliphatic heterocycles. The maximum absolute atomic E-state index is 12.8. The minimum atomic E-state index is -4.12. The van der Waals surface area contributed by atoms with Gasteiger partial charge >= 0.3 is 0 Å². The molecule has 0 aromatic heterocycles. The molecule has 0 aliphatic carbocycles. The Morgan fingerprint density at radius 1 is 0.933 bits per heavy atom. The van der Waals surface area contributed by atoms with Crippen molar-refractivity contribution in [2.75, 3.05) is 30.4 Å². The van der Waals surface area contributed by atoms with Crippen molar-refractivity contribution in [3.05, 3.63) is 42.5 Å². The van der Waals surface area contributed by atoms with Crippen LogP contribution in [-0.2, 0) is 29.7 Å². The van der Waals surface area contributed by atoms with Crippen molar-refractivity contribution in [3.8, 4) is 11.5 Å². The normalized spacial score (nSPS) is 18.7. The highest BCUT2D eigenvalue weighted by Gasteiger charge is 2.38. The zero-order chi connectivity index (χ0) is 22.2. The number of sulfonamides is 1. The number of rotatable bonds is 7. The van der Waals surface area contributed by atoms with E-state index in [2.05, 4.69) is 4.72 Å². The average molecular weight is 476 g/mol. The van der Waals surface area contributed by atoms with Crippen LogP contribution in [0.4, 0.5) is 5.69 Å². The van der Waals surface area contributed by atoms with Gasteiger partial charge in [-0.2, -0.15) is 0 Å². The SMILES string of the molecule is COc1ccc(NS(=O)(=O)c2cccc(S(=O)(=O)[C@@H]3CCS(=O)(=O)C3)c2)cc1OC. The Balaban J connectivity index is 1.91. The monoisotopic (exact) mass is 475 g/mol. The summed E-state index contributed by atoms with van der Waals surface area (Å²) >= 11 is 0. The van der Waals surface area contributed by atoms with E-state index in [0.29, 0.717) is 11.5 Å². The average Bonchev–Trinajstić information content (AvgIpc) is 3.08. The van der Waals surface area contributed by atoms with E-state index >= 15 is 0 Å². The summed E-state index contributed by atoms with van der Waals surface area (Å²) in [6.07, 6.45) is -0.00840. The number of methoxy groups -OCH3 is 2.